The van der Waals surface area contributed by atoms with Crippen molar-refractivity contribution >= 4 is 21.3 Å². The topological polar surface area (TPSA) is 46.4 Å². The lowest BCUT2D eigenvalue weighted by Gasteiger charge is -2.35. The van der Waals surface area contributed by atoms with Gasteiger partial charge in [-0.2, -0.15) is 0 Å². The lowest BCUT2D eigenvalue weighted by molar-refractivity contribution is -0.380. The zero-order valence-corrected chi connectivity index (χ0v) is 10.4. The summed E-state index contributed by atoms with van der Waals surface area (Å²) in [5.74, 6) is 1.34. The van der Waals surface area contributed by atoms with Gasteiger partial charge in [-0.25, -0.2) is 0 Å². The quantitative estimate of drug-likeness (QED) is 0.589. The molecule has 0 N–H and O–H groups in total. The molecule has 0 radical (unpaired) electrons. The van der Waals surface area contributed by atoms with E-state index in [2.05, 4.69) is 18.7 Å². The van der Waals surface area contributed by atoms with E-state index in [-0.39, 0.29) is 9.92 Å². The third kappa shape index (κ3) is 2.35. The summed E-state index contributed by atoms with van der Waals surface area (Å²) in [5, 5.41) is 11.9. The van der Waals surface area contributed by atoms with Crippen LogP contribution < -0.4 is 4.90 Å². The minimum Gasteiger partial charge on any atom is -0.363 e. The van der Waals surface area contributed by atoms with E-state index in [9.17, 15) is 10.1 Å². The number of hydrogen-bond donors (Lipinski definition) is 0. The molecule has 0 amide bonds. The summed E-state index contributed by atoms with van der Waals surface area (Å²) in [6.45, 7) is 6.51. The van der Waals surface area contributed by atoms with Crippen LogP contribution in [0.25, 0.3) is 0 Å². The minimum atomic E-state index is -0.315. The summed E-state index contributed by atoms with van der Waals surface area (Å²) >= 11 is 1.28. The number of thiophene rings is 1. The fraction of sp³-hybridized carbons (Fsp3) is 0.636. The zero-order chi connectivity index (χ0) is 11.7. The fourth-order valence-corrected chi connectivity index (χ4v) is 3.27. The highest BCUT2D eigenvalue weighted by molar-refractivity contribution is 7.19. The summed E-state index contributed by atoms with van der Waals surface area (Å²) < 4.78 is 0. The van der Waals surface area contributed by atoms with Gasteiger partial charge in [0.15, 0.2) is 0 Å². The van der Waals surface area contributed by atoms with Gasteiger partial charge in [-0.3, -0.25) is 10.1 Å². The first-order valence-electron chi connectivity index (χ1n) is 5.55. The van der Waals surface area contributed by atoms with Gasteiger partial charge in [-0.05, 0) is 35.7 Å². The van der Waals surface area contributed by atoms with Crippen LogP contribution in [0.5, 0.6) is 0 Å². The van der Waals surface area contributed by atoms with Crippen LogP contribution in [0.15, 0.2) is 12.1 Å². The molecule has 88 valence electrons. The molecule has 1 aromatic rings. The number of nitrogens with zero attached hydrogens (tertiary/aromatic N) is 2. The first-order chi connectivity index (χ1) is 7.56. The molecule has 5 heteroatoms. The van der Waals surface area contributed by atoms with Crippen LogP contribution in [0, 0.1) is 22.0 Å². The molecule has 2 rings (SSSR count). The normalized spacial score (nSPS) is 25.8. The number of hydrogen-bond acceptors (Lipinski definition) is 4. The van der Waals surface area contributed by atoms with Gasteiger partial charge < -0.3 is 4.90 Å². The second kappa shape index (κ2) is 4.41. The molecule has 0 aromatic carbocycles. The second-order valence-corrected chi connectivity index (χ2v) is 5.76. The van der Waals surface area contributed by atoms with Gasteiger partial charge >= 0.3 is 5.00 Å². The van der Waals surface area contributed by atoms with Crippen molar-refractivity contribution in [2.75, 3.05) is 18.0 Å². The Labute approximate surface area is 99.0 Å². The molecule has 0 spiro atoms. The van der Waals surface area contributed by atoms with Crippen LogP contribution in [0.1, 0.15) is 20.3 Å². The van der Waals surface area contributed by atoms with E-state index in [1.54, 1.807) is 6.07 Å². The Kier molecular flexibility index (Phi) is 3.14. The molecule has 0 aliphatic carbocycles. The smallest absolute Gasteiger partial charge is 0.326 e. The molecule has 0 unspecified atom stereocenters. The predicted molar refractivity (Wildman–Crippen MR) is 66.1 cm³/mol. The van der Waals surface area contributed by atoms with Gasteiger partial charge in [0, 0.05) is 19.2 Å². The van der Waals surface area contributed by atoms with Crippen LogP contribution in [-0.4, -0.2) is 18.0 Å². The third-order valence-corrected chi connectivity index (χ3v) is 4.04. The van der Waals surface area contributed by atoms with E-state index in [0.29, 0.717) is 11.8 Å². The number of anilines is 1. The maximum Gasteiger partial charge on any atom is 0.326 e. The van der Waals surface area contributed by atoms with Crippen LogP contribution >= 0.6 is 11.3 Å². The first-order valence-corrected chi connectivity index (χ1v) is 6.37. The van der Waals surface area contributed by atoms with Gasteiger partial charge in [0.2, 0.25) is 0 Å². The molecule has 1 aromatic heterocycles. The molecular weight excluding hydrogens is 224 g/mol. The highest BCUT2D eigenvalue weighted by atomic mass is 32.1. The van der Waals surface area contributed by atoms with Crippen molar-refractivity contribution in [3.8, 4) is 0 Å². The summed E-state index contributed by atoms with van der Waals surface area (Å²) in [5.41, 5.74) is 0. The molecule has 4 nitrogen and oxygen atoms in total. The monoisotopic (exact) mass is 240 g/mol. The van der Waals surface area contributed by atoms with Crippen LogP contribution in [0.4, 0.5) is 10.0 Å². The lowest BCUT2D eigenvalue weighted by atomic mass is 9.92. The van der Waals surface area contributed by atoms with Crippen LogP contribution in [-0.2, 0) is 0 Å². The molecular formula is C11H16N2O2S. The number of nitro groups is 1. The van der Waals surface area contributed by atoms with Crippen molar-refractivity contribution in [2.24, 2.45) is 11.8 Å². The molecule has 1 aliphatic heterocycles. The number of rotatable bonds is 2. The van der Waals surface area contributed by atoms with Crippen molar-refractivity contribution in [1.29, 1.82) is 0 Å². The zero-order valence-electron chi connectivity index (χ0n) is 9.55. The third-order valence-electron chi connectivity index (χ3n) is 2.94. The predicted octanol–water partition coefficient (Wildman–Crippen LogP) is 3.14. The minimum absolute atomic E-state index is 0.237. The van der Waals surface area contributed by atoms with Crippen molar-refractivity contribution in [3.05, 3.63) is 22.2 Å². The van der Waals surface area contributed by atoms with Gasteiger partial charge in [0.1, 0.15) is 0 Å². The molecule has 1 fully saturated rings. The van der Waals surface area contributed by atoms with Crippen molar-refractivity contribution in [3.63, 3.8) is 0 Å². The van der Waals surface area contributed by atoms with Gasteiger partial charge in [0.25, 0.3) is 0 Å². The molecule has 16 heavy (non-hydrogen) atoms. The second-order valence-electron chi connectivity index (χ2n) is 4.72. The van der Waals surface area contributed by atoms with E-state index in [1.807, 2.05) is 6.07 Å². The highest BCUT2D eigenvalue weighted by Gasteiger charge is 2.24. The van der Waals surface area contributed by atoms with E-state index in [4.69, 9.17) is 0 Å². The summed E-state index contributed by atoms with van der Waals surface area (Å²) in [6.07, 6.45) is 1.25. The van der Waals surface area contributed by atoms with E-state index >= 15 is 0 Å². The largest absolute Gasteiger partial charge is 0.363 e. The van der Waals surface area contributed by atoms with E-state index < -0.39 is 0 Å². The summed E-state index contributed by atoms with van der Waals surface area (Å²) in [4.78, 5) is 12.6. The van der Waals surface area contributed by atoms with Crippen molar-refractivity contribution in [1.82, 2.24) is 0 Å². The Bertz CT molecular complexity index is 381. The molecule has 0 bridgehead atoms. The molecule has 2 heterocycles. The Morgan fingerprint density at radius 1 is 1.38 bits per heavy atom. The molecule has 1 aliphatic rings. The summed E-state index contributed by atoms with van der Waals surface area (Å²) in [7, 11) is 0. The van der Waals surface area contributed by atoms with Crippen LogP contribution in [0.2, 0.25) is 0 Å². The fourth-order valence-electron chi connectivity index (χ4n) is 2.43. The SMILES string of the molecule is C[C@H]1C[C@H](C)CN(c2ccc([N+](=O)[O-])s2)C1. The summed E-state index contributed by atoms with van der Waals surface area (Å²) in [6, 6.07) is 3.47. The molecule has 1 saturated heterocycles. The average molecular weight is 240 g/mol. The Morgan fingerprint density at radius 3 is 2.50 bits per heavy atom. The Morgan fingerprint density at radius 2 is 2.00 bits per heavy atom. The van der Waals surface area contributed by atoms with Gasteiger partial charge in [-0.15, -0.1) is 0 Å². The van der Waals surface area contributed by atoms with Gasteiger partial charge in [-0.1, -0.05) is 13.8 Å². The maximum absolute atomic E-state index is 10.6. The molecule has 2 atom stereocenters. The Balaban J connectivity index is 2.13. The van der Waals surface area contributed by atoms with Crippen molar-refractivity contribution < 1.29 is 4.92 Å². The first kappa shape index (κ1) is 11.4. The van der Waals surface area contributed by atoms with Gasteiger partial charge in [0.05, 0.1) is 9.92 Å². The number of piperidine rings is 1. The van der Waals surface area contributed by atoms with Crippen molar-refractivity contribution in [2.45, 2.75) is 20.3 Å². The Hall–Kier alpha value is -1.10. The van der Waals surface area contributed by atoms with E-state index in [0.717, 1.165) is 18.1 Å². The lowest BCUT2D eigenvalue weighted by Crippen LogP contribution is -2.38. The maximum atomic E-state index is 10.6. The highest BCUT2D eigenvalue weighted by Crippen LogP contribution is 2.34. The average Bonchev–Trinajstić information content (AvgIpc) is 2.64. The standard InChI is InChI=1S/C11H16N2O2S/c1-8-5-9(2)7-12(6-8)10-3-4-11(16-10)13(14)15/h3-4,8-9H,5-7H2,1-2H3/t8-,9-/m0/s1. The molecule has 0 saturated carbocycles. The van der Waals surface area contributed by atoms with E-state index in [1.165, 1.54) is 17.8 Å². The van der Waals surface area contributed by atoms with Crippen LogP contribution in [0.3, 0.4) is 0 Å².